The summed E-state index contributed by atoms with van der Waals surface area (Å²) in [5.74, 6) is 0.779. The summed E-state index contributed by atoms with van der Waals surface area (Å²) in [6.07, 6.45) is 8.16. The van der Waals surface area contributed by atoms with Crippen molar-refractivity contribution in [1.29, 1.82) is 0 Å². The molecule has 0 aromatic rings. The summed E-state index contributed by atoms with van der Waals surface area (Å²) >= 11 is 0. The van der Waals surface area contributed by atoms with Gasteiger partial charge in [0, 0.05) is 31.3 Å². The van der Waals surface area contributed by atoms with Gasteiger partial charge in [0.15, 0.2) is 0 Å². The van der Waals surface area contributed by atoms with Gasteiger partial charge in [0.2, 0.25) is 0 Å². The van der Waals surface area contributed by atoms with Crippen LogP contribution in [0, 0.1) is 5.92 Å². The molecule has 106 valence electrons. The van der Waals surface area contributed by atoms with Crippen molar-refractivity contribution in [3.8, 4) is 0 Å². The molecule has 3 nitrogen and oxygen atoms in total. The fourth-order valence-corrected chi connectivity index (χ4v) is 3.89. The average molecular weight is 275 g/mol. The number of hydrogen-bond donors (Lipinski definition) is 1. The highest BCUT2D eigenvalue weighted by Crippen LogP contribution is 2.30. The largest absolute Gasteiger partial charge is 0.381 e. The summed E-state index contributed by atoms with van der Waals surface area (Å²) in [4.78, 5) is 2.62. The van der Waals surface area contributed by atoms with Crippen molar-refractivity contribution in [3.05, 3.63) is 0 Å². The summed E-state index contributed by atoms with van der Waals surface area (Å²) in [5.41, 5.74) is 0. The zero-order valence-corrected chi connectivity index (χ0v) is 12.3. The second-order valence-corrected chi connectivity index (χ2v) is 6.29. The quantitative estimate of drug-likeness (QED) is 0.853. The lowest BCUT2D eigenvalue weighted by Crippen LogP contribution is -2.48. The Morgan fingerprint density at radius 1 is 1.17 bits per heavy atom. The first-order chi connectivity index (χ1) is 8.31. The Morgan fingerprint density at radius 2 is 1.89 bits per heavy atom. The highest BCUT2D eigenvalue weighted by Gasteiger charge is 2.35. The molecule has 3 fully saturated rings. The Labute approximate surface area is 117 Å². The van der Waals surface area contributed by atoms with Crippen LogP contribution in [0.3, 0.4) is 0 Å². The molecule has 3 heterocycles. The molecule has 1 N–H and O–H groups in total. The molecule has 3 atom stereocenters. The van der Waals surface area contributed by atoms with E-state index in [-0.39, 0.29) is 12.4 Å². The van der Waals surface area contributed by atoms with Gasteiger partial charge in [-0.2, -0.15) is 0 Å². The van der Waals surface area contributed by atoms with Crippen LogP contribution in [-0.4, -0.2) is 49.8 Å². The molecule has 3 rings (SSSR count). The zero-order chi connectivity index (χ0) is 11.7. The van der Waals surface area contributed by atoms with Crippen LogP contribution in [0.4, 0.5) is 0 Å². The number of ether oxygens (including phenoxy) is 1. The summed E-state index contributed by atoms with van der Waals surface area (Å²) in [6, 6.07) is 2.43. The lowest BCUT2D eigenvalue weighted by atomic mass is 9.96. The Bertz CT molecular complexity index is 246. The van der Waals surface area contributed by atoms with Crippen molar-refractivity contribution in [2.45, 2.75) is 56.7 Å². The van der Waals surface area contributed by atoms with E-state index in [1.807, 2.05) is 0 Å². The van der Waals surface area contributed by atoms with Gasteiger partial charge in [-0.25, -0.2) is 0 Å². The van der Waals surface area contributed by atoms with Gasteiger partial charge in [-0.15, -0.1) is 12.4 Å². The van der Waals surface area contributed by atoms with E-state index in [1.165, 1.54) is 45.1 Å². The molecule has 3 saturated heterocycles. The smallest absolute Gasteiger partial charge is 0.0506 e. The normalized spacial score (nSPS) is 39.7. The zero-order valence-electron chi connectivity index (χ0n) is 11.4. The third kappa shape index (κ3) is 3.38. The minimum atomic E-state index is 0. The van der Waals surface area contributed by atoms with Gasteiger partial charge in [-0.1, -0.05) is 0 Å². The van der Waals surface area contributed by atoms with Crippen LogP contribution in [0.5, 0.6) is 0 Å². The number of hydrogen-bond acceptors (Lipinski definition) is 3. The second-order valence-electron chi connectivity index (χ2n) is 6.29. The van der Waals surface area contributed by atoms with Crippen LogP contribution >= 0.6 is 12.4 Å². The molecule has 3 aliphatic heterocycles. The van der Waals surface area contributed by atoms with Gasteiger partial charge in [0.25, 0.3) is 0 Å². The Hall–Kier alpha value is 0.170. The monoisotopic (exact) mass is 274 g/mol. The van der Waals surface area contributed by atoms with Gasteiger partial charge in [0.05, 0.1) is 6.61 Å². The van der Waals surface area contributed by atoms with E-state index in [0.29, 0.717) is 0 Å². The molecule has 3 aliphatic rings. The van der Waals surface area contributed by atoms with E-state index in [1.54, 1.807) is 0 Å². The van der Waals surface area contributed by atoms with E-state index >= 15 is 0 Å². The van der Waals surface area contributed by atoms with Crippen LogP contribution in [0.15, 0.2) is 0 Å². The lowest BCUT2D eigenvalue weighted by molar-refractivity contribution is 0.0319. The number of nitrogens with zero attached hydrogens (tertiary/aromatic N) is 1. The molecule has 0 spiro atoms. The average Bonchev–Trinajstić information content (AvgIpc) is 2.69. The SMILES string of the molecule is CN(CC1CCCOC1)C1CC2CCC(C1)N2.Cl. The van der Waals surface area contributed by atoms with Crippen molar-refractivity contribution < 1.29 is 4.74 Å². The van der Waals surface area contributed by atoms with Gasteiger partial charge < -0.3 is 15.0 Å². The minimum Gasteiger partial charge on any atom is -0.381 e. The van der Waals surface area contributed by atoms with E-state index < -0.39 is 0 Å². The highest BCUT2D eigenvalue weighted by atomic mass is 35.5. The minimum absolute atomic E-state index is 0. The van der Waals surface area contributed by atoms with Crippen LogP contribution in [0.25, 0.3) is 0 Å². The molecular weight excluding hydrogens is 248 g/mol. The Kier molecular flexibility index (Phi) is 5.31. The standard InChI is InChI=1S/C14H26N2O.ClH/c1-16(9-11-3-2-6-17-10-11)14-7-12-4-5-13(8-14)15-12;/h11-15H,2-10H2,1H3;1H. The predicted molar refractivity (Wildman–Crippen MR) is 76.4 cm³/mol. The predicted octanol–water partition coefficient (Wildman–Crippen LogP) is 2.05. The van der Waals surface area contributed by atoms with Gasteiger partial charge in [-0.05, 0) is 51.5 Å². The third-order valence-electron chi connectivity index (χ3n) is 4.87. The maximum Gasteiger partial charge on any atom is 0.0506 e. The van der Waals surface area contributed by atoms with E-state index in [9.17, 15) is 0 Å². The first kappa shape index (κ1) is 14.6. The summed E-state index contributed by atoms with van der Waals surface area (Å²) in [6.45, 7) is 3.21. The van der Waals surface area contributed by atoms with Gasteiger partial charge >= 0.3 is 0 Å². The lowest BCUT2D eigenvalue weighted by Gasteiger charge is -2.37. The molecule has 0 saturated carbocycles. The van der Waals surface area contributed by atoms with E-state index in [4.69, 9.17) is 4.74 Å². The molecule has 3 unspecified atom stereocenters. The van der Waals surface area contributed by atoms with Crippen molar-refractivity contribution >= 4 is 12.4 Å². The number of nitrogens with one attached hydrogen (secondary N) is 1. The van der Waals surface area contributed by atoms with Crippen LogP contribution in [0.2, 0.25) is 0 Å². The molecule has 0 amide bonds. The summed E-state index contributed by atoms with van der Waals surface area (Å²) in [5, 5.41) is 3.73. The van der Waals surface area contributed by atoms with Crippen molar-refractivity contribution in [1.82, 2.24) is 10.2 Å². The fourth-order valence-electron chi connectivity index (χ4n) is 3.89. The van der Waals surface area contributed by atoms with Gasteiger partial charge in [-0.3, -0.25) is 0 Å². The highest BCUT2D eigenvalue weighted by molar-refractivity contribution is 5.85. The van der Waals surface area contributed by atoms with Crippen molar-refractivity contribution in [2.75, 3.05) is 26.8 Å². The number of rotatable bonds is 3. The molecule has 2 bridgehead atoms. The molecule has 18 heavy (non-hydrogen) atoms. The summed E-state index contributed by atoms with van der Waals surface area (Å²) in [7, 11) is 2.32. The number of piperidine rings is 1. The molecular formula is C14H27ClN2O. The van der Waals surface area contributed by atoms with Crippen LogP contribution in [0.1, 0.15) is 38.5 Å². The third-order valence-corrected chi connectivity index (χ3v) is 4.87. The fraction of sp³-hybridized carbons (Fsp3) is 1.00. The summed E-state index contributed by atoms with van der Waals surface area (Å²) < 4.78 is 5.59. The van der Waals surface area contributed by atoms with Crippen LogP contribution in [-0.2, 0) is 4.74 Å². The van der Waals surface area contributed by atoms with E-state index in [2.05, 4.69) is 17.3 Å². The maximum atomic E-state index is 5.59. The molecule has 4 heteroatoms. The van der Waals surface area contributed by atoms with Crippen molar-refractivity contribution in [2.24, 2.45) is 5.92 Å². The first-order valence-corrected chi connectivity index (χ1v) is 7.35. The topological polar surface area (TPSA) is 24.5 Å². The molecule has 0 aromatic carbocycles. The van der Waals surface area contributed by atoms with Gasteiger partial charge in [0.1, 0.15) is 0 Å². The second kappa shape index (κ2) is 6.56. The molecule has 0 radical (unpaired) electrons. The van der Waals surface area contributed by atoms with Crippen molar-refractivity contribution in [3.63, 3.8) is 0 Å². The Morgan fingerprint density at radius 3 is 2.50 bits per heavy atom. The molecule has 0 aliphatic carbocycles. The molecule has 0 aromatic heterocycles. The van der Waals surface area contributed by atoms with Crippen LogP contribution < -0.4 is 5.32 Å². The maximum absolute atomic E-state index is 5.59. The number of halogens is 1. The Balaban J connectivity index is 0.00000120. The number of fused-ring (bicyclic) bond motifs is 2. The first-order valence-electron chi connectivity index (χ1n) is 7.35. The van der Waals surface area contributed by atoms with E-state index in [0.717, 1.165) is 37.3 Å².